The summed E-state index contributed by atoms with van der Waals surface area (Å²) in [6, 6.07) is 1.37. The van der Waals surface area contributed by atoms with Gasteiger partial charge >= 0.3 is 6.09 Å². The van der Waals surface area contributed by atoms with E-state index in [4.69, 9.17) is 0 Å². The number of aromatic amines is 1. The number of amides is 1. The Morgan fingerprint density at radius 1 is 1.62 bits per heavy atom. The molecule has 8 heteroatoms. The zero-order valence-electron chi connectivity index (χ0n) is 11.5. The fraction of sp³-hybridized carbons (Fsp3) is 0.462. The van der Waals surface area contributed by atoms with Gasteiger partial charge in [0.05, 0.1) is 15.3 Å². The number of nitrogens with zero attached hydrogens (tertiary/aromatic N) is 2. The molecular formula is C13H14BrN3O3S. The van der Waals surface area contributed by atoms with Crippen LogP contribution in [0.25, 0.3) is 10.2 Å². The summed E-state index contributed by atoms with van der Waals surface area (Å²) >= 11 is 4.66. The number of carbonyl (C=O) groups is 1. The van der Waals surface area contributed by atoms with Crippen LogP contribution in [0.1, 0.15) is 38.6 Å². The van der Waals surface area contributed by atoms with Gasteiger partial charge in [-0.05, 0) is 48.7 Å². The zero-order valence-corrected chi connectivity index (χ0v) is 13.9. The third-order valence-corrected chi connectivity index (χ3v) is 5.51. The molecule has 112 valence electrons. The number of H-pyrrole nitrogens is 1. The van der Waals surface area contributed by atoms with E-state index >= 15 is 0 Å². The first-order valence-corrected chi connectivity index (χ1v) is 8.12. The van der Waals surface area contributed by atoms with Crippen molar-refractivity contribution in [1.29, 1.82) is 0 Å². The highest BCUT2D eigenvalue weighted by Gasteiger charge is 2.44. The smallest absolute Gasteiger partial charge is 0.408 e. The topological polar surface area (TPSA) is 86.3 Å². The molecule has 0 bridgehead atoms. The van der Waals surface area contributed by atoms with Gasteiger partial charge in [0.25, 0.3) is 5.56 Å². The number of nitrogens with one attached hydrogen (secondary N) is 1. The molecular weight excluding hydrogens is 358 g/mol. The molecule has 21 heavy (non-hydrogen) atoms. The first kappa shape index (κ1) is 14.5. The Bertz CT molecular complexity index is 783. The molecule has 3 rings (SSSR count). The minimum absolute atomic E-state index is 0.222. The Labute approximate surface area is 132 Å². The normalized spacial score (nSPS) is 21.1. The van der Waals surface area contributed by atoms with E-state index in [0.29, 0.717) is 22.5 Å². The van der Waals surface area contributed by atoms with Gasteiger partial charge in [0.15, 0.2) is 0 Å². The Hall–Kier alpha value is -1.41. The number of thiophene rings is 1. The van der Waals surface area contributed by atoms with Gasteiger partial charge in [-0.1, -0.05) is 0 Å². The summed E-state index contributed by atoms with van der Waals surface area (Å²) in [5.74, 6) is 0.422. The molecule has 1 aliphatic rings. The van der Waals surface area contributed by atoms with Crippen molar-refractivity contribution in [2.24, 2.45) is 0 Å². The summed E-state index contributed by atoms with van der Waals surface area (Å²) in [7, 11) is 0. The third kappa shape index (κ3) is 2.36. The molecule has 0 aliphatic carbocycles. The van der Waals surface area contributed by atoms with Crippen molar-refractivity contribution in [1.82, 2.24) is 14.9 Å². The Kier molecular flexibility index (Phi) is 3.32. The minimum Gasteiger partial charge on any atom is -0.465 e. The van der Waals surface area contributed by atoms with E-state index in [1.165, 1.54) is 16.2 Å². The van der Waals surface area contributed by atoms with Gasteiger partial charge in [-0.2, -0.15) is 0 Å². The van der Waals surface area contributed by atoms with Crippen LogP contribution in [0.15, 0.2) is 14.6 Å². The van der Waals surface area contributed by atoms with E-state index in [1.807, 2.05) is 13.8 Å². The molecule has 1 amide bonds. The lowest BCUT2D eigenvalue weighted by atomic mass is 10.0. The third-order valence-electron chi connectivity index (χ3n) is 3.89. The van der Waals surface area contributed by atoms with Crippen molar-refractivity contribution in [3.8, 4) is 0 Å². The fourth-order valence-corrected chi connectivity index (χ4v) is 4.32. The summed E-state index contributed by atoms with van der Waals surface area (Å²) < 4.78 is 1.37. The molecule has 0 spiro atoms. The molecule has 2 N–H and O–H groups in total. The summed E-state index contributed by atoms with van der Waals surface area (Å²) in [6.07, 6.45) is 0.398. The average molecular weight is 372 g/mol. The van der Waals surface area contributed by atoms with Gasteiger partial charge in [-0.15, -0.1) is 11.3 Å². The number of likely N-dealkylation sites (tertiary alicyclic amines) is 1. The molecule has 0 radical (unpaired) electrons. The zero-order chi connectivity index (χ0) is 15.4. The van der Waals surface area contributed by atoms with Gasteiger partial charge in [-0.3, -0.25) is 9.69 Å². The summed E-state index contributed by atoms with van der Waals surface area (Å²) in [5.41, 5.74) is -0.0828. The SMILES string of the molecule is CC1(C)CC[C@@H](c2nc3cc(Br)sc3c(=O)[nH]2)N1C(=O)O. The van der Waals surface area contributed by atoms with Gasteiger partial charge < -0.3 is 10.1 Å². The van der Waals surface area contributed by atoms with Crippen molar-refractivity contribution in [2.45, 2.75) is 38.3 Å². The second-order valence-corrected chi connectivity index (χ2v) is 8.17. The number of halogens is 1. The number of rotatable bonds is 1. The highest BCUT2D eigenvalue weighted by atomic mass is 79.9. The molecule has 3 heterocycles. The van der Waals surface area contributed by atoms with Crippen LogP contribution in [0.2, 0.25) is 0 Å². The fourth-order valence-electron chi connectivity index (χ4n) is 2.90. The molecule has 1 aliphatic heterocycles. The van der Waals surface area contributed by atoms with Crippen molar-refractivity contribution in [2.75, 3.05) is 0 Å². The maximum atomic E-state index is 12.1. The number of aromatic nitrogens is 2. The van der Waals surface area contributed by atoms with Crippen molar-refractivity contribution >= 4 is 43.6 Å². The van der Waals surface area contributed by atoms with E-state index in [-0.39, 0.29) is 5.56 Å². The van der Waals surface area contributed by atoms with Crippen molar-refractivity contribution in [3.63, 3.8) is 0 Å². The Balaban J connectivity index is 2.12. The van der Waals surface area contributed by atoms with Gasteiger partial charge in [0.2, 0.25) is 0 Å². The predicted octanol–water partition coefficient (Wildman–Crippen LogP) is 3.34. The predicted molar refractivity (Wildman–Crippen MR) is 83.9 cm³/mol. The monoisotopic (exact) mass is 371 g/mol. The van der Waals surface area contributed by atoms with Crippen LogP contribution in [0, 0.1) is 0 Å². The second kappa shape index (κ2) is 4.81. The number of hydrogen-bond acceptors (Lipinski definition) is 4. The molecule has 1 fully saturated rings. The molecule has 2 aromatic rings. The lowest BCUT2D eigenvalue weighted by molar-refractivity contribution is 0.0939. The van der Waals surface area contributed by atoms with E-state index in [2.05, 4.69) is 25.9 Å². The Morgan fingerprint density at radius 3 is 3.00 bits per heavy atom. The highest BCUT2D eigenvalue weighted by Crippen LogP contribution is 2.41. The summed E-state index contributed by atoms with van der Waals surface area (Å²) in [6.45, 7) is 3.78. The van der Waals surface area contributed by atoms with Crippen LogP contribution in [0.3, 0.4) is 0 Å². The summed E-state index contributed by atoms with van der Waals surface area (Å²) in [4.78, 5) is 32.3. The molecule has 1 saturated heterocycles. The van der Waals surface area contributed by atoms with Crippen LogP contribution in [0.4, 0.5) is 4.79 Å². The molecule has 0 aromatic carbocycles. The van der Waals surface area contributed by atoms with Crippen molar-refractivity contribution < 1.29 is 9.90 Å². The van der Waals surface area contributed by atoms with Gasteiger partial charge in [-0.25, -0.2) is 9.78 Å². The first-order valence-electron chi connectivity index (χ1n) is 6.51. The highest BCUT2D eigenvalue weighted by molar-refractivity contribution is 9.11. The van der Waals surface area contributed by atoms with Crippen LogP contribution in [-0.4, -0.2) is 31.6 Å². The standard InChI is InChI=1S/C13H14BrN3O3S/c1-13(2)4-3-7(17(13)12(19)20)10-15-6-5-8(14)21-9(6)11(18)16-10/h5,7H,3-4H2,1-2H3,(H,19,20)(H,15,16,18)/t7-/m0/s1. The van der Waals surface area contributed by atoms with E-state index in [0.717, 1.165) is 10.2 Å². The van der Waals surface area contributed by atoms with Gasteiger partial charge in [0.1, 0.15) is 10.5 Å². The lowest BCUT2D eigenvalue weighted by Crippen LogP contribution is -2.43. The molecule has 1 atom stereocenters. The van der Waals surface area contributed by atoms with Crippen LogP contribution < -0.4 is 5.56 Å². The molecule has 2 aromatic heterocycles. The van der Waals surface area contributed by atoms with Crippen LogP contribution in [0.5, 0.6) is 0 Å². The molecule has 0 unspecified atom stereocenters. The largest absolute Gasteiger partial charge is 0.465 e. The van der Waals surface area contributed by atoms with Crippen LogP contribution >= 0.6 is 27.3 Å². The van der Waals surface area contributed by atoms with Crippen molar-refractivity contribution in [3.05, 3.63) is 26.0 Å². The van der Waals surface area contributed by atoms with E-state index in [9.17, 15) is 14.7 Å². The quantitative estimate of drug-likeness (QED) is 0.804. The number of hydrogen-bond donors (Lipinski definition) is 2. The summed E-state index contributed by atoms with van der Waals surface area (Å²) in [5, 5.41) is 9.47. The number of carboxylic acid groups (broad SMARTS) is 1. The molecule has 6 nitrogen and oxygen atoms in total. The van der Waals surface area contributed by atoms with Crippen LogP contribution in [-0.2, 0) is 0 Å². The Morgan fingerprint density at radius 2 is 2.33 bits per heavy atom. The average Bonchev–Trinajstić information content (AvgIpc) is 2.88. The van der Waals surface area contributed by atoms with E-state index in [1.54, 1.807) is 6.07 Å². The first-order chi connectivity index (χ1) is 9.79. The number of fused-ring (bicyclic) bond motifs is 1. The maximum absolute atomic E-state index is 12.1. The maximum Gasteiger partial charge on any atom is 0.408 e. The minimum atomic E-state index is -0.989. The second-order valence-electron chi connectivity index (χ2n) is 5.74. The van der Waals surface area contributed by atoms with Gasteiger partial charge in [0, 0.05) is 5.54 Å². The lowest BCUT2D eigenvalue weighted by Gasteiger charge is -2.32. The molecule has 0 saturated carbocycles. The van der Waals surface area contributed by atoms with E-state index < -0.39 is 17.7 Å².